The molecule has 5 nitrogen and oxygen atoms in total. The summed E-state index contributed by atoms with van der Waals surface area (Å²) < 4.78 is 43.0. The number of alkyl halides is 3. The highest BCUT2D eigenvalue weighted by molar-refractivity contribution is 5.90. The van der Waals surface area contributed by atoms with Gasteiger partial charge in [-0.25, -0.2) is 4.79 Å². The molecule has 1 atom stereocenters. The van der Waals surface area contributed by atoms with Crippen LogP contribution in [0.2, 0.25) is 0 Å². The van der Waals surface area contributed by atoms with E-state index in [2.05, 4.69) is 10.6 Å². The molecule has 0 aromatic heterocycles. The lowest BCUT2D eigenvalue weighted by Crippen LogP contribution is -2.28. The van der Waals surface area contributed by atoms with Crippen molar-refractivity contribution >= 4 is 17.7 Å². The molecule has 28 heavy (non-hydrogen) atoms. The van der Waals surface area contributed by atoms with E-state index >= 15 is 0 Å². The highest BCUT2D eigenvalue weighted by atomic mass is 19.4. The third kappa shape index (κ3) is 4.82. The Kier molecular flexibility index (Phi) is 5.58. The largest absolute Gasteiger partial charge is 0.462 e. The van der Waals surface area contributed by atoms with Crippen molar-refractivity contribution in [1.82, 2.24) is 5.32 Å². The van der Waals surface area contributed by atoms with Crippen LogP contribution in [0.1, 0.15) is 29.2 Å². The number of carbonyl (C=O) groups excluding carboxylic acids is 2. The number of amides is 2. The second kappa shape index (κ2) is 7.92. The first-order valence-electron chi connectivity index (χ1n) is 8.71. The first-order chi connectivity index (χ1) is 13.2. The molecule has 0 saturated heterocycles. The number of ether oxygens (including phenoxy) is 1. The molecular formula is C20H19F3N2O3. The van der Waals surface area contributed by atoms with Gasteiger partial charge in [0.05, 0.1) is 5.56 Å². The predicted octanol–water partition coefficient (Wildman–Crippen LogP) is 4.06. The normalized spacial score (nSPS) is 15.6. The molecule has 2 amide bonds. The number of carbonyl (C=O) groups is 2. The van der Waals surface area contributed by atoms with Crippen molar-refractivity contribution in [2.45, 2.75) is 38.6 Å². The Morgan fingerprint density at radius 1 is 1.11 bits per heavy atom. The fourth-order valence-corrected chi connectivity index (χ4v) is 3.21. The second-order valence-electron chi connectivity index (χ2n) is 6.59. The van der Waals surface area contributed by atoms with Crippen molar-refractivity contribution in [1.29, 1.82) is 0 Å². The number of anilines is 1. The van der Waals surface area contributed by atoms with E-state index in [0.717, 1.165) is 23.3 Å². The summed E-state index contributed by atoms with van der Waals surface area (Å²) in [5.74, 6) is -0.346. The van der Waals surface area contributed by atoms with Gasteiger partial charge in [0.15, 0.2) is 0 Å². The zero-order chi connectivity index (χ0) is 20.3. The van der Waals surface area contributed by atoms with Crippen LogP contribution in [-0.4, -0.2) is 18.1 Å². The molecule has 3 rings (SSSR count). The molecule has 0 bridgehead atoms. The van der Waals surface area contributed by atoms with Crippen LogP contribution in [-0.2, 0) is 35.1 Å². The standard InChI is InChI=1S/C20H19F3N2O3/c1-12(26)28-16-9-14-3-2-4-18(17(14)10-16)25-19(27)24-11-13-5-7-15(8-6-13)20(21,22)23/h2-8,16H,9-11H2,1H3,(H2,24,25,27). The summed E-state index contributed by atoms with van der Waals surface area (Å²) in [7, 11) is 0. The summed E-state index contributed by atoms with van der Waals surface area (Å²) in [4.78, 5) is 23.3. The van der Waals surface area contributed by atoms with Crippen molar-refractivity contribution < 1.29 is 27.5 Å². The number of halogens is 3. The Hall–Kier alpha value is -3.03. The average Bonchev–Trinajstić information content (AvgIpc) is 3.02. The molecule has 148 valence electrons. The smallest absolute Gasteiger partial charge is 0.416 e. The molecule has 0 heterocycles. The molecule has 1 aliphatic carbocycles. The van der Waals surface area contributed by atoms with E-state index in [1.807, 2.05) is 6.07 Å². The van der Waals surface area contributed by atoms with Crippen LogP contribution >= 0.6 is 0 Å². The van der Waals surface area contributed by atoms with Crippen LogP contribution in [0.15, 0.2) is 42.5 Å². The molecule has 0 aliphatic heterocycles. The Bertz CT molecular complexity index is 879. The van der Waals surface area contributed by atoms with E-state index in [9.17, 15) is 22.8 Å². The first kappa shape index (κ1) is 19.7. The summed E-state index contributed by atoms with van der Waals surface area (Å²) in [6.07, 6.45) is -3.52. The van der Waals surface area contributed by atoms with Crippen LogP contribution in [0, 0.1) is 0 Å². The van der Waals surface area contributed by atoms with E-state index in [0.29, 0.717) is 24.1 Å². The van der Waals surface area contributed by atoms with Gasteiger partial charge in [0.1, 0.15) is 6.10 Å². The third-order valence-corrected chi connectivity index (χ3v) is 4.47. The Labute approximate surface area is 159 Å². The molecule has 0 spiro atoms. The zero-order valence-corrected chi connectivity index (χ0v) is 15.1. The number of urea groups is 1. The molecule has 8 heteroatoms. The van der Waals surface area contributed by atoms with Gasteiger partial charge in [0.25, 0.3) is 0 Å². The Morgan fingerprint density at radius 2 is 1.82 bits per heavy atom. The second-order valence-corrected chi connectivity index (χ2v) is 6.59. The first-order valence-corrected chi connectivity index (χ1v) is 8.71. The van der Waals surface area contributed by atoms with Gasteiger partial charge in [-0.15, -0.1) is 0 Å². The van der Waals surface area contributed by atoms with Crippen molar-refractivity contribution in [3.05, 3.63) is 64.7 Å². The Morgan fingerprint density at radius 3 is 2.46 bits per heavy atom. The summed E-state index contributed by atoms with van der Waals surface area (Å²) in [6, 6.07) is 9.63. The summed E-state index contributed by atoms with van der Waals surface area (Å²) in [5, 5.41) is 5.38. The number of fused-ring (bicyclic) bond motifs is 1. The molecule has 0 fully saturated rings. The molecular weight excluding hydrogens is 373 g/mol. The maximum atomic E-state index is 12.6. The lowest BCUT2D eigenvalue weighted by molar-refractivity contribution is -0.145. The molecule has 2 N–H and O–H groups in total. The average molecular weight is 392 g/mol. The summed E-state index contributed by atoms with van der Waals surface area (Å²) in [6.45, 7) is 1.45. The van der Waals surface area contributed by atoms with Gasteiger partial charge >= 0.3 is 18.2 Å². The topological polar surface area (TPSA) is 67.4 Å². The molecule has 0 radical (unpaired) electrons. The van der Waals surface area contributed by atoms with Crippen LogP contribution in [0.5, 0.6) is 0 Å². The monoisotopic (exact) mass is 392 g/mol. The van der Waals surface area contributed by atoms with Crippen molar-refractivity contribution in [2.24, 2.45) is 0 Å². The lowest BCUT2D eigenvalue weighted by atomic mass is 10.1. The number of hydrogen-bond donors (Lipinski definition) is 2. The minimum absolute atomic E-state index is 0.0923. The minimum atomic E-state index is -4.39. The fourth-order valence-electron chi connectivity index (χ4n) is 3.21. The van der Waals surface area contributed by atoms with Crippen molar-refractivity contribution in [3.63, 3.8) is 0 Å². The van der Waals surface area contributed by atoms with E-state index in [-0.39, 0.29) is 18.6 Å². The van der Waals surface area contributed by atoms with E-state index in [1.54, 1.807) is 12.1 Å². The van der Waals surface area contributed by atoms with Gasteiger partial charge in [0.2, 0.25) is 0 Å². The predicted molar refractivity (Wildman–Crippen MR) is 96.7 cm³/mol. The summed E-state index contributed by atoms with van der Waals surface area (Å²) in [5.41, 5.74) is 2.36. The third-order valence-electron chi connectivity index (χ3n) is 4.47. The van der Waals surface area contributed by atoms with Crippen LogP contribution in [0.3, 0.4) is 0 Å². The zero-order valence-electron chi connectivity index (χ0n) is 15.1. The number of nitrogens with one attached hydrogen (secondary N) is 2. The number of rotatable bonds is 4. The van der Waals surface area contributed by atoms with E-state index in [1.165, 1.54) is 19.1 Å². The Balaban J connectivity index is 1.58. The van der Waals surface area contributed by atoms with Crippen molar-refractivity contribution in [3.8, 4) is 0 Å². The fraction of sp³-hybridized carbons (Fsp3) is 0.300. The molecule has 1 aliphatic rings. The van der Waals surface area contributed by atoms with Gasteiger partial charge in [-0.1, -0.05) is 24.3 Å². The van der Waals surface area contributed by atoms with Crippen LogP contribution < -0.4 is 10.6 Å². The van der Waals surface area contributed by atoms with Crippen molar-refractivity contribution in [2.75, 3.05) is 5.32 Å². The maximum Gasteiger partial charge on any atom is 0.416 e. The molecule has 0 saturated carbocycles. The number of hydrogen-bond acceptors (Lipinski definition) is 3. The van der Waals surface area contributed by atoms with Crippen LogP contribution in [0.4, 0.5) is 23.7 Å². The number of benzene rings is 2. The van der Waals surface area contributed by atoms with Crippen LogP contribution in [0.25, 0.3) is 0 Å². The highest BCUT2D eigenvalue weighted by Gasteiger charge is 2.30. The number of esters is 1. The minimum Gasteiger partial charge on any atom is -0.462 e. The lowest BCUT2D eigenvalue weighted by Gasteiger charge is -2.12. The quantitative estimate of drug-likeness (QED) is 0.772. The summed E-state index contributed by atoms with van der Waals surface area (Å²) >= 11 is 0. The highest BCUT2D eigenvalue weighted by Crippen LogP contribution is 2.31. The van der Waals surface area contributed by atoms with E-state index in [4.69, 9.17) is 4.74 Å². The molecule has 1 unspecified atom stereocenters. The maximum absolute atomic E-state index is 12.6. The van der Waals surface area contributed by atoms with E-state index < -0.39 is 17.8 Å². The van der Waals surface area contributed by atoms with Gasteiger partial charge < -0.3 is 15.4 Å². The van der Waals surface area contributed by atoms with Gasteiger partial charge in [0, 0.05) is 32.0 Å². The van der Waals surface area contributed by atoms with Gasteiger partial charge in [-0.3, -0.25) is 4.79 Å². The SMILES string of the molecule is CC(=O)OC1Cc2cccc(NC(=O)NCc3ccc(C(F)(F)F)cc3)c2C1. The van der Waals surface area contributed by atoms with Gasteiger partial charge in [-0.2, -0.15) is 13.2 Å². The van der Waals surface area contributed by atoms with Gasteiger partial charge in [-0.05, 0) is 34.9 Å². The molecule has 2 aromatic carbocycles. The molecule has 2 aromatic rings.